The highest BCUT2D eigenvalue weighted by Crippen LogP contribution is 2.15. The van der Waals surface area contributed by atoms with E-state index < -0.39 is 0 Å². The number of pyridine rings is 1. The fraction of sp³-hybridized carbons (Fsp3) is 0.545. The van der Waals surface area contributed by atoms with Gasteiger partial charge in [-0.1, -0.05) is 25.8 Å². The molecule has 0 aliphatic carbocycles. The van der Waals surface area contributed by atoms with E-state index >= 15 is 0 Å². The molecule has 0 fully saturated rings. The van der Waals surface area contributed by atoms with E-state index in [9.17, 15) is 0 Å². The van der Waals surface area contributed by atoms with Crippen LogP contribution < -0.4 is 5.73 Å². The summed E-state index contributed by atoms with van der Waals surface area (Å²) < 4.78 is 0. The largest absolute Gasteiger partial charge is 0.390 e. The van der Waals surface area contributed by atoms with Gasteiger partial charge >= 0.3 is 0 Å². The third-order valence-electron chi connectivity index (χ3n) is 2.31. The summed E-state index contributed by atoms with van der Waals surface area (Å²) in [6, 6.07) is 3.84. The van der Waals surface area contributed by atoms with Crippen molar-refractivity contribution in [3.05, 3.63) is 29.6 Å². The van der Waals surface area contributed by atoms with Gasteiger partial charge in [-0.2, -0.15) is 0 Å². The fourth-order valence-electron chi connectivity index (χ4n) is 1.34. The number of hydrogen-bond donors (Lipinski definition) is 2. The van der Waals surface area contributed by atoms with Crippen LogP contribution in [-0.2, 0) is 6.61 Å². The number of hydrogen-bond acceptors (Lipinski definition) is 3. The highest BCUT2D eigenvalue weighted by molar-refractivity contribution is 5.16. The van der Waals surface area contributed by atoms with Gasteiger partial charge in [0.2, 0.25) is 0 Å². The van der Waals surface area contributed by atoms with Gasteiger partial charge in [-0.15, -0.1) is 0 Å². The van der Waals surface area contributed by atoms with Crippen molar-refractivity contribution < 1.29 is 5.11 Å². The van der Waals surface area contributed by atoms with E-state index in [4.69, 9.17) is 10.8 Å². The van der Waals surface area contributed by atoms with Crippen molar-refractivity contribution in [1.29, 1.82) is 0 Å². The maximum atomic E-state index is 8.81. The Morgan fingerprint density at radius 3 is 2.79 bits per heavy atom. The minimum Gasteiger partial charge on any atom is -0.390 e. The topological polar surface area (TPSA) is 59.1 Å². The zero-order chi connectivity index (χ0) is 10.4. The van der Waals surface area contributed by atoms with Crippen molar-refractivity contribution in [2.45, 2.75) is 38.8 Å². The van der Waals surface area contributed by atoms with Crippen LogP contribution in [0, 0.1) is 0 Å². The second-order valence-electron chi connectivity index (χ2n) is 3.49. The molecule has 0 saturated heterocycles. The molecular weight excluding hydrogens is 176 g/mol. The lowest BCUT2D eigenvalue weighted by Gasteiger charge is -2.10. The molecule has 14 heavy (non-hydrogen) atoms. The molecule has 0 spiro atoms. The first-order valence-electron chi connectivity index (χ1n) is 5.09. The van der Waals surface area contributed by atoms with Crippen LogP contribution in [0.2, 0.25) is 0 Å². The average Bonchev–Trinajstić information content (AvgIpc) is 2.26. The first-order valence-corrected chi connectivity index (χ1v) is 5.09. The van der Waals surface area contributed by atoms with Crippen molar-refractivity contribution in [3.8, 4) is 0 Å². The van der Waals surface area contributed by atoms with Gasteiger partial charge in [0.1, 0.15) is 0 Å². The van der Waals surface area contributed by atoms with Gasteiger partial charge in [0.25, 0.3) is 0 Å². The van der Waals surface area contributed by atoms with Gasteiger partial charge in [0.15, 0.2) is 0 Å². The molecular formula is C11H18N2O. The zero-order valence-electron chi connectivity index (χ0n) is 8.61. The summed E-state index contributed by atoms with van der Waals surface area (Å²) in [5.41, 5.74) is 7.71. The number of aliphatic hydroxyl groups is 1. The van der Waals surface area contributed by atoms with Gasteiger partial charge in [0.05, 0.1) is 12.3 Å². The number of unbranched alkanes of at least 4 members (excludes halogenated alkanes) is 1. The van der Waals surface area contributed by atoms with Crippen LogP contribution in [-0.4, -0.2) is 10.1 Å². The molecule has 78 valence electrons. The standard InChI is InChI=1S/C11H18N2O/c1-2-3-4-11(12)9-5-6-10(8-14)13-7-9/h5-7,11,14H,2-4,8,12H2,1H3/t11-/m1/s1. The van der Waals surface area contributed by atoms with Crippen LogP contribution in [0.15, 0.2) is 18.3 Å². The Balaban J connectivity index is 2.57. The molecule has 0 bridgehead atoms. The molecule has 0 aromatic carbocycles. The maximum absolute atomic E-state index is 8.81. The Morgan fingerprint density at radius 1 is 1.50 bits per heavy atom. The number of rotatable bonds is 5. The summed E-state index contributed by atoms with van der Waals surface area (Å²) in [6.07, 6.45) is 5.06. The molecule has 0 radical (unpaired) electrons. The van der Waals surface area contributed by atoms with Crippen LogP contribution in [0.4, 0.5) is 0 Å². The highest BCUT2D eigenvalue weighted by Gasteiger charge is 2.05. The number of aromatic nitrogens is 1. The lowest BCUT2D eigenvalue weighted by Crippen LogP contribution is -2.10. The van der Waals surface area contributed by atoms with Gasteiger partial charge in [-0.25, -0.2) is 0 Å². The molecule has 3 heteroatoms. The first kappa shape index (κ1) is 11.1. The van der Waals surface area contributed by atoms with E-state index in [1.807, 2.05) is 12.1 Å². The van der Waals surface area contributed by atoms with Crippen LogP contribution in [0.5, 0.6) is 0 Å². The summed E-state index contributed by atoms with van der Waals surface area (Å²) >= 11 is 0. The van der Waals surface area contributed by atoms with E-state index in [-0.39, 0.29) is 12.6 Å². The first-order chi connectivity index (χ1) is 6.77. The van der Waals surface area contributed by atoms with Gasteiger partial charge in [-0.05, 0) is 18.1 Å². The lowest BCUT2D eigenvalue weighted by molar-refractivity contribution is 0.277. The quantitative estimate of drug-likeness (QED) is 0.751. The average molecular weight is 194 g/mol. The summed E-state index contributed by atoms with van der Waals surface area (Å²) in [6.45, 7) is 2.14. The van der Waals surface area contributed by atoms with E-state index in [1.54, 1.807) is 6.20 Å². The minimum absolute atomic E-state index is 0.00945. The third kappa shape index (κ3) is 3.09. The van der Waals surface area contributed by atoms with Crippen LogP contribution in [0.1, 0.15) is 43.5 Å². The summed E-state index contributed by atoms with van der Waals surface area (Å²) in [4.78, 5) is 4.10. The summed E-state index contributed by atoms with van der Waals surface area (Å²) in [5, 5.41) is 8.81. The Labute approximate surface area is 85.0 Å². The lowest BCUT2D eigenvalue weighted by atomic mass is 10.0. The SMILES string of the molecule is CCCC[C@@H](N)c1ccc(CO)nc1. The highest BCUT2D eigenvalue weighted by atomic mass is 16.3. The van der Waals surface area contributed by atoms with Crippen molar-refractivity contribution in [2.75, 3.05) is 0 Å². The van der Waals surface area contributed by atoms with Crippen molar-refractivity contribution in [1.82, 2.24) is 4.98 Å². The predicted molar refractivity (Wildman–Crippen MR) is 56.6 cm³/mol. The van der Waals surface area contributed by atoms with Crippen molar-refractivity contribution in [2.24, 2.45) is 5.73 Å². The molecule has 1 heterocycles. The Kier molecular flexibility index (Phi) is 4.56. The summed E-state index contributed by atoms with van der Waals surface area (Å²) in [5.74, 6) is 0. The second kappa shape index (κ2) is 5.73. The van der Waals surface area contributed by atoms with Gasteiger partial charge < -0.3 is 10.8 Å². The Bertz CT molecular complexity index is 258. The van der Waals surface area contributed by atoms with E-state index in [0.29, 0.717) is 5.69 Å². The molecule has 0 aliphatic rings. The molecule has 0 amide bonds. The smallest absolute Gasteiger partial charge is 0.0852 e. The molecule has 0 saturated carbocycles. The van der Waals surface area contributed by atoms with Gasteiger partial charge in [-0.3, -0.25) is 4.98 Å². The third-order valence-corrected chi connectivity index (χ3v) is 2.31. The van der Waals surface area contributed by atoms with E-state index in [1.165, 1.54) is 0 Å². The molecule has 1 aromatic heterocycles. The molecule has 1 rings (SSSR count). The maximum Gasteiger partial charge on any atom is 0.0852 e. The fourth-order valence-corrected chi connectivity index (χ4v) is 1.34. The predicted octanol–water partition coefficient (Wildman–Crippen LogP) is 1.76. The van der Waals surface area contributed by atoms with Crippen LogP contribution in [0.25, 0.3) is 0 Å². The molecule has 3 N–H and O–H groups in total. The monoisotopic (exact) mass is 194 g/mol. The normalized spacial score (nSPS) is 12.8. The molecule has 1 atom stereocenters. The minimum atomic E-state index is -0.00945. The number of nitrogens with two attached hydrogens (primary N) is 1. The van der Waals surface area contributed by atoms with Gasteiger partial charge in [0, 0.05) is 12.2 Å². The molecule has 1 aromatic rings. The molecule has 3 nitrogen and oxygen atoms in total. The number of aliphatic hydroxyl groups excluding tert-OH is 1. The van der Waals surface area contributed by atoms with Crippen LogP contribution >= 0.6 is 0 Å². The Hall–Kier alpha value is -0.930. The Morgan fingerprint density at radius 2 is 2.29 bits per heavy atom. The number of nitrogens with zero attached hydrogens (tertiary/aromatic N) is 1. The van der Waals surface area contributed by atoms with Crippen LogP contribution in [0.3, 0.4) is 0 Å². The van der Waals surface area contributed by atoms with Crippen molar-refractivity contribution in [3.63, 3.8) is 0 Å². The second-order valence-corrected chi connectivity index (χ2v) is 3.49. The van der Waals surface area contributed by atoms with E-state index in [2.05, 4.69) is 11.9 Å². The van der Waals surface area contributed by atoms with Crippen molar-refractivity contribution >= 4 is 0 Å². The summed E-state index contributed by atoms with van der Waals surface area (Å²) in [7, 11) is 0. The molecule has 0 aliphatic heterocycles. The van der Waals surface area contributed by atoms with E-state index in [0.717, 1.165) is 24.8 Å². The zero-order valence-corrected chi connectivity index (χ0v) is 8.61. The molecule has 0 unspecified atom stereocenters.